The van der Waals surface area contributed by atoms with Gasteiger partial charge in [0.15, 0.2) is 0 Å². The van der Waals surface area contributed by atoms with E-state index in [0.717, 1.165) is 17.8 Å². The lowest BCUT2D eigenvalue weighted by molar-refractivity contribution is 1.34. The lowest BCUT2D eigenvalue weighted by Gasteiger charge is -2.00. The Bertz CT molecular complexity index is 397. The molecular weight excluding hydrogens is 170 g/mol. The largest absolute Gasteiger partial charge is 0.253 e. The van der Waals surface area contributed by atoms with Crippen molar-refractivity contribution in [2.45, 2.75) is 13.3 Å². The van der Waals surface area contributed by atoms with Crippen LogP contribution in [0.4, 0.5) is 5.69 Å². The maximum atomic E-state index is 4.55. The fraction of sp³-hybridized carbons (Fsp3) is 0.154. The monoisotopic (exact) mass is 183 g/mol. The molecule has 14 heavy (non-hydrogen) atoms. The van der Waals surface area contributed by atoms with Crippen molar-refractivity contribution in [2.24, 2.45) is 4.99 Å². The van der Waals surface area contributed by atoms with Crippen molar-refractivity contribution in [1.82, 2.24) is 0 Å². The quantitative estimate of drug-likeness (QED) is 0.620. The first kappa shape index (κ1) is 8.95. The summed E-state index contributed by atoms with van der Waals surface area (Å²) in [7, 11) is 0. The molecule has 1 heteroatoms. The van der Waals surface area contributed by atoms with Crippen LogP contribution in [-0.4, -0.2) is 5.71 Å². The summed E-state index contributed by atoms with van der Waals surface area (Å²) in [5.74, 6) is 0. The molecule has 1 aliphatic carbocycles. The average Bonchev–Trinajstić information content (AvgIpc) is 2.72. The summed E-state index contributed by atoms with van der Waals surface area (Å²) < 4.78 is 0. The summed E-state index contributed by atoms with van der Waals surface area (Å²) in [4.78, 5) is 4.55. The second-order valence-corrected chi connectivity index (χ2v) is 3.36. The van der Waals surface area contributed by atoms with E-state index in [4.69, 9.17) is 0 Å². The maximum Gasteiger partial charge on any atom is 0.0632 e. The van der Waals surface area contributed by atoms with Crippen molar-refractivity contribution in [3.8, 4) is 0 Å². The topological polar surface area (TPSA) is 12.4 Å². The third-order valence-electron chi connectivity index (χ3n) is 2.29. The zero-order valence-electron chi connectivity index (χ0n) is 8.27. The molecule has 1 nitrogen and oxygen atoms in total. The Labute approximate surface area is 84.5 Å². The van der Waals surface area contributed by atoms with E-state index in [2.05, 4.69) is 30.1 Å². The second kappa shape index (κ2) is 4.05. The van der Waals surface area contributed by atoms with Crippen LogP contribution >= 0.6 is 0 Å². The summed E-state index contributed by atoms with van der Waals surface area (Å²) in [5.41, 5.74) is 3.45. The molecule has 0 saturated carbocycles. The molecule has 0 fully saturated rings. The van der Waals surface area contributed by atoms with E-state index in [1.807, 2.05) is 30.3 Å². The van der Waals surface area contributed by atoms with Gasteiger partial charge in [0.25, 0.3) is 0 Å². The highest BCUT2D eigenvalue weighted by molar-refractivity contribution is 6.00. The molecule has 1 aliphatic rings. The summed E-state index contributed by atoms with van der Waals surface area (Å²) in [6.45, 7) is 2.06. The third-order valence-corrected chi connectivity index (χ3v) is 2.29. The Morgan fingerprint density at radius 1 is 1.21 bits per heavy atom. The molecule has 1 aromatic carbocycles. The van der Waals surface area contributed by atoms with Gasteiger partial charge in [-0.05, 0) is 31.1 Å². The summed E-state index contributed by atoms with van der Waals surface area (Å²) in [5, 5.41) is 0. The second-order valence-electron chi connectivity index (χ2n) is 3.36. The summed E-state index contributed by atoms with van der Waals surface area (Å²) in [6, 6.07) is 10.1. The molecule has 0 unspecified atom stereocenters. The van der Waals surface area contributed by atoms with Crippen molar-refractivity contribution in [3.63, 3.8) is 0 Å². The van der Waals surface area contributed by atoms with Gasteiger partial charge < -0.3 is 0 Å². The molecule has 0 radical (unpaired) electrons. The van der Waals surface area contributed by atoms with Gasteiger partial charge in [0, 0.05) is 5.71 Å². The minimum Gasteiger partial charge on any atom is -0.253 e. The maximum absolute atomic E-state index is 4.55. The van der Waals surface area contributed by atoms with Crippen molar-refractivity contribution < 1.29 is 0 Å². The van der Waals surface area contributed by atoms with Crippen LogP contribution in [0.2, 0.25) is 0 Å². The summed E-state index contributed by atoms with van der Waals surface area (Å²) >= 11 is 0. The van der Waals surface area contributed by atoms with Gasteiger partial charge in [0.05, 0.1) is 5.69 Å². The molecule has 70 valence electrons. The van der Waals surface area contributed by atoms with Crippen molar-refractivity contribution in [2.75, 3.05) is 0 Å². The molecule has 0 spiro atoms. The van der Waals surface area contributed by atoms with Crippen molar-refractivity contribution >= 4 is 11.4 Å². The van der Waals surface area contributed by atoms with Crippen LogP contribution in [0.25, 0.3) is 0 Å². The SMILES string of the molecule is CC(=Nc1ccccc1)C1=CC=CC1. The zero-order valence-corrected chi connectivity index (χ0v) is 8.27. The van der Waals surface area contributed by atoms with Gasteiger partial charge in [0.1, 0.15) is 0 Å². The van der Waals surface area contributed by atoms with Gasteiger partial charge in [0.2, 0.25) is 0 Å². The van der Waals surface area contributed by atoms with Crippen LogP contribution in [0.15, 0.2) is 59.1 Å². The average molecular weight is 183 g/mol. The fourth-order valence-corrected chi connectivity index (χ4v) is 1.48. The lowest BCUT2D eigenvalue weighted by atomic mass is 10.1. The van der Waals surface area contributed by atoms with E-state index in [-0.39, 0.29) is 0 Å². The number of hydrogen-bond acceptors (Lipinski definition) is 1. The van der Waals surface area contributed by atoms with Gasteiger partial charge >= 0.3 is 0 Å². The van der Waals surface area contributed by atoms with E-state index in [0.29, 0.717) is 0 Å². The molecule has 0 heterocycles. The van der Waals surface area contributed by atoms with E-state index < -0.39 is 0 Å². The molecule has 0 atom stereocenters. The smallest absolute Gasteiger partial charge is 0.0632 e. The Kier molecular flexibility index (Phi) is 2.59. The number of hydrogen-bond donors (Lipinski definition) is 0. The van der Waals surface area contributed by atoms with Gasteiger partial charge in [-0.15, -0.1) is 0 Å². The van der Waals surface area contributed by atoms with E-state index in [1.165, 1.54) is 5.57 Å². The summed E-state index contributed by atoms with van der Waals surface area (Å²) in [6.07, 6.45) is 7.38. The van der Waals surface area contributed by atoms with E-state index >= 15 is 0 Å². The number of allylic oxidation sites excluding steroid dienone is 4. The van der Waals surface area contributed by atoms with Gasteiger partial charge in [-0.3, -0.25) is 4.99 Å². The van der Waals surface area contributed by atoms with E-state index in [9.17, 15) is 0 Å². The fourth-order valence-electron chi connectivity index (χ4n) is 1.48. The molecule has 0 aliphatic heterocycles. The molecule has 0 N–H and O–H groups in total. The molecule has 0 amide bonds. The first-order chi connectivity index (χ1) is 6.86. The Balaban J connectivity index is 2.19. The van der Waals surface area contributed by atoms with E-state index in [1.54, 1.807) is 0 Å². The first-order valence-corrected chi connectivity index (χ1v) is 4.83. The number of rotatable bonds is 2. The van der Waals surface area contributed by atoms with Crippen LogP contribution < -0.4 is 0 Å². The minimum absolute atomic E-state index is 1.02. The van der Waals surface area contributed by atoms with Crippen LogP contribution in [0.5, 0.6) is 0 Å². The molecule has 1 aromatic rings. The van der Waals surface area contributed by atoms with Crippen LogP contribution in [-0.2, 0) is 0 Å². The van der Waals surface area contributed by atoms with Crippen LogP contribution in [0, 0.1) is 0 Å². The lowest BCUT2D eigenvalue weighted by Crippen LogP contribution is -1.93. The third kappa shape index (κ3) is 1.99. The highest BCUT2D eigenvalue weighted by Gasteiger charge is 2.02. The van der Waals surface area contributed by atoms with Crippen molar-refractivity contribution in [1.29, 1.82) is 0 Å². The number of aliphatic imine (C=N–C) groups is 1. The standard InChI is InChI=1S/C13H13N/c1-11(12-7-5-6-8-12)14-13-9-3-2-4-10-13/h2-7,9-10H,8H2,1H3. The normalized spacial score (nSPS) is 15.8. The number of para-hydroxylation sites is 1. The zero-order chi connectivity index (χ0) is 9.80. The Hall–Kier alpha value is -1.63. The Morgan fingerprint density at radius 2 is 2.00 bits per heavy atom. The highest BCUT2D eigenvalue weighted by Crippen LogP contribution is 2.17. The molecule has 0 aromatic heterocycles. The number of nitrogens with zero attached hydrogens (tertiary/aromatic N) is 1. The van der Waals surface area contributed by atoms with Gasteiger partial charge in [-0.1, -0.05) is 36.4 Å². The molecule has 0 saturated heterocycles. The molecular formula is C13H13N. The number of benzene rings is 1. The predicted octanol–water partition coefficient (Wildman–Crippen LogP) is 3.67. The van der Waals surface area contributed by atoms with Gasteiger partial charge in [-0.25, -0.2) is 0 Å². The van der Waals surface area contributed by atoms with Crippen LogP contribution in [0.1, 0.15) is 13.3 Å². The minimum atomic E-state index is 1.02. The highest BCUT2D eigenvalue weighted by atomic mass is 14.7. The van der Waals surface area contributed by atoms with Crippen LogP contribution in [0.3, 0.4) is 0 Å². The van der Waals surface area contributed by atoms with Crippen molar-refractivity contribution in [3.05, 3.63) is 54.1 Å². The van der Waals surface area contributed by atoms with Gasteiger partial charge in [-0.2, -0.15) is 0 Å². The Morgan fingerprint density at radius 3 is 2.64 bits per heavy atom. The predicted molar refractivity (Wildman–Crippen MR) is 61.1 cm³/mol. The first-order valence-electron chi connectivity index (χ1n) is 4.83. The molecule has 0 bridgehead atoms. The molecule has 2 rings (SSSR count).